The smallest absolute Gasteiger partial charge is 0.269 e. The van der Waals surface area contributed by atoms with Crippen molar-refractivity contribution in [2.24, 2.45) is 0 Å². The Morgan fingerprint density at radius 3 is 2.82 bits per heavy atom. The maximum Gasteiger partial charge on any atom is 0.269 e. The summed E-state index contributed by atoms with van der Waals surface area (Å²) >= 11 is 1.48. The molecule has 4 rings (SSSR count). The summed E-state index contributed by atoms with van der Waals surface area (Å²) in [5.41, 5.74) is 2.51. The van der Waals surface area contributed by atoms with Crippen molar-refractivity contribution in [1.82, 2.24) is 14.7 Å². The molecule has 1 aliphatic rings. The molecule has 2 heterocycles. The number of fused-ring (bicyclic) bond motifs is 1. The topological polar surface area (TPSA) is 55.6 Å². The molecule has 1 amide bonds. The Balaban J connectivity index is 1.67. The SMILES string of the molecule is COc1ccc(-c2cn3c(C(=O)NC4CC4)csc3n2)cc1. The highest BCUT2D eigenvalue weighted by Crippen LogP contribution is 2.26. The molecule has 0 saturated heterocycles. The zero-order valence-electron chi connectivity index (χ0n) is 12.1. The molecule has 22 heavy (non-hydrogen) atoms. The van der Waals surface area contributed by atoms with E-state index in [1.807, 2.05) is 40.2 Å². The summed E-state index contributed by atoms with van der Waals surface area (Å²) in [6.07, 6.45) is 4.08. The van der Waals surface area contributed by atoms with Gasteiger partial charge in [-0.2, -0.15) is 0 Å². The number of carbonyl (C=O) groups is 1. The van der Waals surface area contributed by atoms with Crippen LogP contribution in [-0.4, -0.2) is 28.4 Å². The van der Waals surface area contributed by atoms with Crippen LogP contribution in [-0.2, 0) is 0 Å². The molecule has 0 aliphatic heterocycles. The lowest BCUT2D eigenvalue weighted by Crippen LogP contribution is -2.26. The van der Waals surface area contributed by atoms with Gasteiger partial charge in [-0.3, -0.25) is 9.20 Å². The van der Waals surface area contributed by atoms with Gasteiger partial charge in [-0.15, -0.1) is 11.3 Å². The van der Waals surface area contributed by atoms with Gasteiger partial charge >= 0.3 is 0 Å². The minimum atomic E-state index is -0.0209. The van der Waals surface area contributed by atoms with Gasteiger partial charge in [0.25, 0.3) is 5.91 Å². The number of nitrogens with one attached hydrogen (secondary N) is 1. The van der Waals surface area contributed by atoms with Gasteiger partial charge in [-0.05, 0) is 37.1 Å². The normalized spacial score (nSPS) is 14.2. The van der Waals surface area contributed by atoms with Crippen LogP contribution in [0.5, 0.6) is 5.75 Å². The van der Waals surface area contributed by atoms with Crippen LogP contribution in [0.2, 0.25) is 0 Å². The molecule has 3 aromatic rings. The number of rotatable bonds is 4. The number of ether oxygens (including phenoxy) is 1. The Hall–Kier alpha value is -2.34. The first-order valence-electron chi connectivity index (χ1n) is 7.16. The average molecular weight is 313 g/mol. The van der Waals surface area contributed by atoms with E-state index in [-0.39, 0.29) is 5.91 Å². The van der Waals surface area contributed by atoms with Gasteiger partial charge in [0.1, 0.15) is 11.4 Å². The summed E-state index contributed by atoms with van der Waals surface area (Å²) in [6, 6.07) is 8.10. The van der Waals surface area contributed by atoms with Crippen molar-refractivity contribution in [3.63, 3.8) is 0 Å². The number of carbonyl (C=O) groups excluding carboxylic acids is 1. The summed E-state index contributed by atoms with van der Waals surface area (Å²) in [5.74, 6) is 0.793. The fraction of sp³-hybridized carbons (Fsp3) is 0.250. The highest BCUT2D eigenvalue weighted by molar-refractivity contribution is 7.15. The number of amides is 1. The molecular weight excluding hydrogens is 298 g/mol. The largest absolute Gasteiger partial charge is 0.497 e. The van der Waals surface area contributed by atoms with Crippen LogP contribution >= 0.6 is 11.3 Å². The zero-order chi connectivity index (χ0) is 15.1. The molecule has 0 atom stereocenters. The Morgan fingerprint density at radius 1 is 1.36 bits per heavy atom. The van der Waals surface area contributed by atoms with Gasteiger partial charge in [-0.25, -0.2) is 4.98 Å². The number of hydrogen-bond donors (Lipinski definition) is 1. The number of thiazole rings is 1. The van der Waals surface area contributed by atoms with Crippen molar-refractivity contribution >= 4 is 22.2 Å². The minimum Gasteiger partial charge on any atom is -0.497 e. The van der Waals surface area contributed by atoms with Crippen molar-refractivity contribution in [3.8, 4) is 17.0 Å². The van der Waals surface area contributed by atoms with E-state index in [2.05, 4.69) is 10.3 Å². The molecular formula is C16H15N3O2S. The van der Waals surface area contributed by atoms with Crippen molar-refractivity contribution in [2.75, 3.05) is 7.11 Å². The number of aromatic nitrogens is 2. The minimum absolute atomic E-state index is 0.0209. The van der Waals surface area contributed by atoms with E-state index in [4.69, 9.17) is 4.74 Å². The first-order chi connectivity index (χ1) is 10.7. The van der Waals surface area contributed by atoms with Gasteiger partial charge < -0.3 is 10.1 Å². The molecule has 0 spiro atoms. The third kappa shape index (κ3) is 2.35. The van der Waals surface area contributed by atoms with Crippen LogP contribution in [0.1, 0.15) is 23.3 Å². The van der Waals surface area contributed by atoms with E-state index in [0.717, 1.165) is 34.8 Å². The summed E-state index contributed by atoms with van der Waals surface area (Å²) < 4.78 is 7.03. The molecule has 112 valence electrons. The monoisotopic (exact) mass is 313 g/mol. The molecule has 1 fully saturated rings. The fourth-order valence-corrected chi connectivity index (χ4v) is 3.19. The first kappa shape index (κ1) is 13.3. The zero-order valence-corrected chi connectivity index (χ0v) is 12.9. The summed E-state index contributed by atoms with van der Waals surface area (Å²) in [4.78, 5) is 17.7. The summed E-state index contributed by atoms with van der Waals surface area (Å²) in [7, 11) is 1.65. The van der Waals surface area contributed by atoms with E-state index in [1.54, 1.807) is 7.11 Å². The first-order valence-corrected chi connectivity index (χ1v) is 8.04. The van der Waals surface area contributed by atoms with Gasteiger partial charge in [0.05, 0.1) is 12.8 Å². The third-order valence-electron chi connectivity index (χ3n) is 3.74. The van der Waals surface area contributed by atoms with Crippen LogP contribution in [0.15, 0.2) is 35.8 Å². The van der Waals surface area contributed by atoms with Crippen molar-refractivity contribution in [2.45, 2.75) is 18.9 Å². The maximum absolute atomic E-state index is 12.2. The number of benzene rings is 1. The predicted octanol–water partition coefficient (Wildman–Crippen LogP) is 2.96. The Bertz CT molecular complexity index is 831. The highest BCUT2D eigenvalue weighted by atomic mass is 32.1. The number of hydrogen-bond acceptors (Lipinski definition) is 4. The number of methoxy groups -OCH3 is 1. The van der Waals surface area contributed by atoms with E-state index in [0.29, 0.717) is 11.7 Å². The van der Waals surface area contributed by atoms with E-state index >= 15 is 0 Å². The van der Waals surface area contributed by atoms with Crippen molar-refractivity contribution in [3.05, 3.63) is 41.5 Å². The van der Waals surface area contributed by atoms with Gasteiger partial charge in [0, 0.05) is 23.2 Å². The Morgan fingerprint density at radius 2 is 2.14 bits per heavy atom. The van der Waals surface area contributed by atoms with E-state index in [1.165, 1.54) is 11.3 Å². The summed E-state index contributed by atoms with van der Waals surface area (Å²) in [5, 5.41) is 4.87. The Labute approximate surface area is 131 Å². The van der Waals surface area contributed by atoms with Crippen LogP contribution in [0.3, 0.4) is 0 Å². The third-order valence-corrected chi connectivity index (χ3v) is 4.58. The standard InChI is InChI=1S/C16H15N3O2S/c1-21-12-6-2-10(3-7-12)13-8-19-14(9-22-16(19)18-13)15(20)17-11-4-5-11/h2-3,6-9,11H,4-5H2,1H3,(H,17,20). The van der Waals surface area contributed by atoms with Crippen LogP contribution in [0.4, 0.5) is 0 Å². The molecule has 6 heteroatoms. The van der Waals surface area contributed by atoms with Crippen molar-refractivity contribution in [1.29, 1.82) is 0 Å². The molecule has 1 aliphatic carbocycles. The quantitative estimate of drug-likeness (QED) is 0.805. The molecule has 5 nitrogen and oxygen atoms in total. The second-order valence-corrected chi connectivity index (χ2v) is 6.21. The average Bonchev–Trinajstić information content (AvgIpc) is 3.11. The van der Waals surface area contributed by atoms with Crippen molar-refractivity contribution < 1.29 is 9.53 Å². The van der Waals surface area contributed by atoms with Gasteiger partial charge in [-0.1, -0.05) is 0 Å². The van der Waals surface area contributed by atoms with Crippen LogP contribution in [0, 0.1) is 0 Å². The molecule has 1 saturated carbocycles. The molecule has 2 aromatic heterocycles. The number of imidazole rings is 1. The lowest BCUT2D eigenvalue weighted by atomic mass is 10.2. The van der Waals surface area contributed by atoms with Crippen LogP contribution < -0.4 is 10.1 Å². The van der Waals surface area contributed by atoms with Gasteiger partial charge in [0.15, 0.2) is 4.96 Å². The second-order valence-electron chi connectivity index (χ2n) is 5.38. The fourth-order valence-electron chi connectivity index (χ4n) is 2.34. The maximum atomic E-state index is 12.2. The second kappa shape index (κ2) is 5.14. The molecule has 0 unspecified atom stereocenters. The lowest BCUT2D eigenvalue weighted by Gasteiger charge is -2.01. The molecule has 1 aromatic carbocycles. The highest BCUT2D eigenvalue weighted by Gasteiger charge is 2.25. The van der Waals surface area contributed by atoms with E-state index < -0.39 is 0 Å². The lowest BCUT2D eigenvalue weighted by molar-refractivity contribution is 0.0945. The Kier molecular flexibility index (Phi) is 3.11. The predicted molar refractivity (Wildman–Crippen MR) is 85.5 cm³/mol. The summed E-state index contributed by atoms with van der Waals surface area (Å²) in [6.45, 7) is 0. The van der Waals surface area contributed by atoms with Crippen LogP contribution in [0.25, 0.3) is 16.2 Å². The van der Waals surface area contributed by atoms with Gasteiger partial charge in [0.2, 0.25) is 0 Å². The molecule has 0 radical (unpaired) electrons. The van der Waals surface area contributed by atoms with E-state index in [9.17, 15) is 4.79 Å². The number of nitrogens with zero attached hydrogens (tertiary/aromatic N) is 2. The molecule has 0 bridgehead atoms. The molecule has 1 N–H and O–H groups in total.